The predicted molar refractivity (Wildman–Crippen MR) is 70.1 cm³/mol. The molecule has 1 unspecified atom stereocenters. The Morgan fingerprint density at radius 3 is 3.28 bits per heavy atom. The minimum absolute atomic E-state index is 0.245. The van der Waals surface area contributed by atoms with Crippen molar-refractivity contribution in [2.75, 3.05) is 31.7 Å². The molecule has 1 aliphatic heterocycles. The van der Waals surface area contributed by atoms with Gasteiger partial charge in [-0.25, -0.2) is 4.98 Å². The number of methoxy groups -OCH3 is 1. The van der Waals surface area contributed by atoms with Crippen molar-refractivity contribution in [3.05, 3.63) is 11.1 Å². The first-order valence-electron chi connectivity index (χ1n) is 6.10. The van der Waals surface area contributed by atoms with Gasteiger partial charge in [-0.05, 0) is 6.42 Å². The highest BCUT2D eigenvalue weighted by molar-refractivity contribution is 7.13. The molecule has 2 rings (SSSR count). The van der Waals surface area contributed by atoms with Crippen LogP contribution in [0, 0.1) is 0 Å². The number of morpholine rings is 1. The molecule has 18 heavy (non-hydrogen) atoms. The molecule has 0 amide bonds. The number of hydrogen-bond acceptors (Lipinski definition) is 6. The fourth-order valence-electron chi connectivity index (χ4n) is 1.88. The molecule has 0 aromatic carbocycles. The van der Waals surface area contributed by atoms with Gasteiger partial charge >= 0.3 is 5.97 Å². The monoisotopic (exact) mass is 270 g/mol. The van der Waals surface area contributed by atoms with Crippen molar-refractivity contribution in [2.24, 2.45) is 0 Å². The van der Waals surface area contributed by atoms with Crippen LogP contribution in [-0.4, -0.2) is 43.9 Å². The summed E-state index contributed by atoms with van der Waals surface area (Å²) in [6.07, 6.45) is 1.54. The van der Waals surface area contributed by atoms with Gasteiger partial charge in [0.1, 0.15) is 0 Å². The Balaban J connectivity index is 1.98. The van der Waals surface area contributed by atoms with Crippen molar-refractivity contribution in [1.29, 1.82) is 0 Å². The number of esters is 1. The third-order valence-corrected chi connectivity index (χ3v) is 3.91. The highest BCUT2D eigenvalue weighted by Crippen LogP contribution is 2.23. The Hall–Kier alpha value is -1.14. The largest absolute Gasteiger partial charge is 0.469 e. The molecule has 1 aliphatic rings. The molecule has 0 saturated carbocycles. The number of hydrogen-bond donors (Lipinski definition) is 0. The maximum atomic E-state index is 11.2. The SMILES string of the molecule is CCC1CN(c2nc(CC(=O)OC)cs2)CCO1. The van der Waals surface area contributed by atoms with E-state index in [1.807, 2.05) is 5.38 Å². The molecule has 0 aliphatic carbocycles. The van der Waals surface area contributed by atoms with Gasteiger partial charge in [0.2, 0.25) is 0 Å². The fraction of sp³-hybridized carbons (Fsp3) is 0.667. The summed E-state index contributed by atoms with van der Waals surface area (Å²) in [4.78, 5) is 17.9. The summed E-state index contributed by atoms with van der Waals surface area (Å²) in [7, 11) is 1.39. The molecule has 1 fully saturated rings. The van der Waals surface area contributed by atoms with Crippen molar-refractivity contribution >= 4 is 22.4 Å². The zero-order valence-corrected chi connectivity index (χ0v) is 11.5. The minimum Gasteiger partial charge on any atom is -0.469 e. The fourth-order valence-corrected chi connectivity index (χ4v) is 2.75. The summed E-state index contributed by atoms with van der Waals surface area (Å²) in [6.45, 7) is 4.60. The summed E-state index contributed by atoms with van der Waals surface area (Å²) in [5.41, 5.74) is 0.779. The first kappa shape index (κ1) is 13.3. The number of carbonyl (C=O) groups excluding carboxylic acids is 1. The Morgan fingerprint density at radius 2 is 2.56 bits per heavy atom. The molecule has 0 radical (unpaired) electrons. The van der Waals surface area contributed by atoms with Gasteiger partial charge in [0.05, 0.1) is 31.9 Å². The molecule has 1 aromatic rings. The number of carbonyl (C=O) groups is 1. The minimum atomic E-state index is -0.250. The van der Waals surface area contributed by atoms with E-state index in [-0.39, 0.29) is 18.5 Å². The first-order valence-corrected chi connectivity index (χ1v) is 6.98. The summed E-state index contributed by atoms with van der Waals surface area (Å²) in [5.74, 6) is -0.250. The standard InChI is InChI=1S/C12H18N2O3S/c1-3-10-7-14(4-5-17-10)12-13-9(8-18-12)6-11(15)16-2/h8,10H,3-7H2,1-2H3. The number of aromatic nitrogens is 1. The summed E-state index contributed by atoms with van der Waals surface area (Å²) in [6, 6.07) is 0. The van der Waals surface area contributed by atoms with Gasteiger partial charge in [-0.3, -0.25) is 4.79 Å². The van der Waals surface area contributed by atoms with Crippen molar-refractivity contribution < 1.29 is 14.3 Å². The Kier molecular flexibility index (Phi) is 4.54. The van der Waals surface area contributed by atoms with Gasteiger partial charge in [-0.2, -0.15) is 0 Å². The second kappa shape index (κ2) is 6.15. The van der Waals surface area contributed by atoms with Gasteiger partial charge in [0, 0.05) is 18.5 Å². The Bertz CT molecular complexity index is 408. The molecule has 2 heterocycles. The van der Waals surface area contributed by atoms with Crippen molar-refractivity contribution in [3.63, 3.8) is 0 Å². The van der Waals surface area contributed by atoms with Gasteiger partial charge < -0.3 is 14.4 Å². The maximum Gasteiger partial charge on any atom is 0.311 e. The second-order valence-electron chi connectivity index (χ2n) is 4.22. The first-order chi connectivity index (χ1) is 8.72. The van der Waals surface area contributed by atoms with Crippen LogP contribution in [0.15, 0.2) is 5.38 Å². The van der Waals surface area contributed by atoms with Crippen LogP contribution in [0.4, 0.5) is 5.13 Å². The van der Waals surface area contributed by atoms with Gasteiger partial charge in [0.25, 0.3) is 0 Å². The number of rotatable bonds is 4. The highest BCUT2D eigenvalue weighted by atomic mass is 32.1. The quantitative estimate of drug-likeness (QED) is 0.776. The predicted octanol–water partition coefficient (Wildman–Crippen LogP) is 1.47. The van der Waals surface area contributed by atoms with Gasteiger partial charge in [-0.1, -0.05) is 6.92 Å². The summed E-state index contributed by atoms with van der Waals surface area (Å²) >= 11 is 1.57. The van der Waals surface area contributed by atoms with Crippen LogP contribution in [0.3, 0.4) is 0 Å². The zero-order chi connectivity index (χ0) is 13.0. The van der Waals surface area contributed by atoms with Crippen LogP contribution >= 0.6 is 11.3 Å². The number of nitrogens with zero attached hydrogens (tertiary/aromatic N) is 2. The molecule has 0 spiro atoms. The van der Waals surface area contributed by atoms with E-state index in [4.69, 9.17) is 4.74 Å². The lowest BCUT2D eigenvalue weighted by Gasteiger charge is -2.32. The maximum absolute atomic E-state index is 11.2. The highest BCUT2D eigenvalue weighted by Gasteiger charge is 2.21. The average Bonchev–Trinajstić information content (AvgIpc) is 2.87. The number of thiazole rings is 1. The van der Waals surface area contributed by atoms with Crippen molar-refractivity contribution in [2.45, 2.75) is 25.9 Å². The molecule has 6 heteroatoms. The average molecular weight is 270 g/mol. The van der Waals surface area contributed by atoms with Gasteiger partial charge in [-0.15, -0.1) is 11.3 Å². The van der Waals surface area contributed by atoms with Crippen molar-refractivity contribution in [1.82, 2.24) is 4.98 Å². The lowest BCUT2D eigenvalue weighted by atomic mass is 10.2. The van der Waals surface area contributed by atoms with Crippen LogP contribution in [0.1, 0.15) is 19.0 Å². The van der Waals surface area contributed by atoms with Gasteiger partial charge in [0.15, 0.2) is 5.13 Å². The lowest BCUT2D eigenvalue weighted by Crippen LogP contribution is -2.42. The number of anilines is 1. The molecule has 1 aromatic heterocycles. The van der Waals surface area contributed by atoms with Crippen LogP contribution in [0.2, 0.25) is 0 Å². The van der Waals surface area contributed by atoms with E-state index in [1.165, 1.54) is 7.11 Å². The third-order valence-electron chi connectivity index (χ3n) is 2.96. The third kappa shape index (κ3) is 3.20. The van der Waals surface area contributed by atoms with E-state index >= 15 is 0 Å². The molecule has 0 N–H and O–H groups in total. The topological polar surface area (TPSA) is 51.7 Å². The Labute approximate surface area is 111 Å². The van der Waals surface area contributed by atoms with Crippen molar-refractivity contribution in [3.8, 4) is 0 Å². The molecule has 1 atom stereocenters. The smallest absolute Gasteiger partial charge is 0.311 e. The number of ether oxygens (including phenoxy) is 2. The van der Waals surface area contributed by atoms with Crippen LogP contribution in [0.25, 0.3) is 0 Å². The normalized spacial score (nSPS) is 19.9. The molecule has 1 saturated heterocycles. The van der Waals surface area contributed by atoms with E-state index in [2.05, 4.69) is 21.5 Å². The van der Waals surface area contributed by atoms with E-state index in [0.29, 0.717) is 0 Å². The van der Waals surface area contributed by atoms with E-state index in [1.54, 1.807) is 11.3 Å². The molecular weight excluding hydrogens is 252 g/mol. The van der Waals surface area contributed by atoms with Crippen LogP contribution < -0.4 is 4.90 Å². The second-order valence-corrected chi connectivity index (χ2v) is 5.06. The Morgan fingerprint density at radius 1 is 1.72 bits per heavy atom. The van der Waals surface area contributed by atoms with Crippen LogP contribution in [0.5, 0.6) is 0 Å². The lowest BCUT2D eigenvalue weighted by molar-refractivity contribution is -0.139. The van der Waals surface area contributed by atoms with E-state index in [9.17, 15) is 4.79 Å². The molecular formula is C12H18N2O3S. The zero-order valence-electron chi connectivity index (χ0n) is 10.7. The molecule has 5 nitrogen and oxygen atoms in total. The van der Waals surface area contributed by atoms with E-state index < -0.39 is 0 Å². The summed E-state index contributed by atoms with van der Waals surface area (Å²) in [5, 5.41) is 2.89. The van der Waals surface area contributed by atoms with Crippen LogP contribution in [-0.2, 0) is 20.7 Å². The molecule has 0 bridgehead atoms. The molecule has 100 valence electrons. The van der Waals surface area contributed by atoms with E-state index in [0.717, 1.165) is 36.9 Å². The summed E-state index contributed by atoms with van der Waals surface area (Å²) < 4.78 is 10.3.